The lowest BCUT2D eigenvalue weighted by atomic mass is 10.0. The highest BCUT2D eigenvalue weighted by Crippen LogP contribution is 2.20. The Labute approximate surface area is 123 Å². The van der Waals surface area contributed by atoms with E-state index in [1.807, 2.05) is 24.3 Å². The zero-order valence-electron chi connectivity index (χ0n) is 12.7. The fourth-order valence-corrected chi connectivity index (χ4v) is 2.17. The lowest BCUT2D eigenvalue weighted by Gasteiger charge is -2.12. The van der Waals surface area contributed by atoms with Gasteiger partial charge in [0.25, 0.3) is 0 Å². The van der Waals surface area contributed by atoms with Gasteiger partial charge in [-0.05, 0) is 43.4 Å². The molecule has 3 N–H and O–H groups in total. The van der Waals surface area contributed by atoms with Crippen molar-refractivity contribution in [2.75, 3.05) is 13.2 Å². The molecule has 1 aromatic rings. The maximum absolute atomic E-state index is 8.77. The van der Waals surface area contributed by atoms with Gasteiger partial charge in [0, 0.05) is 12.6 Å². The summed E-state index contributed by atoms with van der Waals surface area (Å²) in [7, 11) is 0. The molecule has 0 bridgehead atoms. The van der Waals surface area contributed by atoms with Crippen LogP contribution in [0.4, 0.5) is 0 Å². The molecule has 3 heteroatoms. The molecule has 0 aliphatic carbocycles. The van der Waals surface area contributed by atoms with Gasteiger partial charge in [0.1, 0.15) is 5.75 Å². The second kappa shape index (κ2) is 10.7. The first-order chi connectivity index (χ1) is 9.77. The Kier molecular flexibility index (Phi) is 9.09. The van der Waals surface area contributed by atoms with Gasteiger partial charge in [-0.3, -0.25) is 0 Å². The van der Waals surface area contributed by atoms with Crippen molar-refractivity contribution in [3.63, 3.8) is 0 Å². The molecule has 0 amide bonds. The first-order valence-corrected chi connectivity index (χ1v) is 7.87. The predicted octanol–water partition coefficient (Wildman–Crippen LogP) is 3.81. The number of benzene rings is 1. The van der Waals surface area contributed by atoms with Gasteiger partial charge >= 0.3 is 0 Å². The van der Waals surface area contributed by atoms with E-state index in [1.165, 1.54) is 19.3 Å². The van der Waals surface area contributed by atoms with E-state index in [-0.39, 0.29) is 12.6 Å². The van der Waals surface area contributed by atoms with Gasteiger partial charge in [0.2, 0.25) is 0 Å². The molecule has 1 aromatic carbocycles. The first kappa shape index (κ1) is 17.0. The van der Waals surface area contributed by atoms with Gasteiger partial charge in [-0.15, -0.1) is 0 Å². The SMILES string of the molecule is CCCCCCOc1ccc([C@@H](N)CCCCO)cc1. The molecule has 20 heavy (non-hydrogen) atoms. The Morgan fingerprint density at radius 1 is 1.05 bits per heavy atom. The summed E-state index contributed by atoms with van der Waals surface area (Å²) in [5.74, 6) is 0.924. The molecular weight excluding hydrogens is 250 g/mol. The van der Waals surface area contributed by atoms with Gasteiger partial charge in [0.05, 0.1) is 6.61 Å². The zero-order valence-corrected chi connectivity index (χ0v) is 12.7. The van der Waals surface area contributed by atoms with E-state index in [4.69, 9.17) is 15.6 Å². The predicted molar refractivity (Wildman–Crippen MR) is 83.9 cm³/mol. The Morgan fingerprint density at radius 3 is 2.45 bits per heavy atom. The molecule has 1 atom stereocenters. The fraction of sp³-hybridized carbons (Fsp3) is 0.647. The number of rotatable bonds is 11. The number of unbranched alkanes of at least 4 members (excludes halogenated alkanes) is 4. The van der Waals surface area contributed by atoms with Crippen LogP contribution in [-0.2, 0) is 0 Å². The highest BCUT2D eigenvalue weighted by molar-refractivity contribution is 5.29. The summed E-state index contributed by atoms with van der Waals surface area (Å²) >= 11 is 0. The molecule has 0 aromatic heterocycles. The lowest BCUT2D eigenvalue weighted by molar-refractivity contribution is 0.281. The van der Waals surface area contributed by atoms with E-state index in [9.17, 15) is 0 Å². The van der Waals surface area contributed by atoms with Crippen LogP contribution < -0.4 is 10.5 Å². The van der Waals surface area contributed by atoms with Gasteiger partial charge in [-0.25, -0.2) is 0 Å². The topological polar surface area (TPSA) is 55.5 Å². The second-order valence-electron chi connectivity index (χ2n) is 5.30. The van der Waals surface area contributed by atoms with Crippen molar-refractivity contribution in [1.29, 1.82) is 0 Å². The highest BCUT2D eigenvalue weighted by atomic mass is 16.5. The van der Waals surface area contributed by atoms with Crippen molar-refractivity contribution in [3.05, 3.63) is 29.8 Å². The third-order valence-corrected chi connectivity index (χ3v) is 3.50. The van der Waals surface area contributed by atoms with Gasteiger partial charge in [0.15, 0.2) is 0 Å². The summed E-state index contributed by atoms with van der Waals surface area (Å²) in [6.07, 6.45) is 7.60. The van der Waals surface area contributed by atoms with Crippen LogP contribution in [0.3, 0.4) is 0 Å². The largest absolute Gasteiger partial charge is 0.494 e. The van der Waals surface area contributed by atoms with Crippen molar-refractivity contribution < 1.29 is 9.84 Å². The lowest BCUT2D eigenvalue weighted by Crippen LogP contribution is -2.10. The Hall–Kier alpha value is -1.06. The molecule has 0 heterocycles. The molecule has 114 valence electrons. The van der Waals surface area contributed by atoms with Crippen molar-refractivity contribution in [2.24, 2.45) is 5.73 Å². The molecule has 0 fully saturated rings. The number of nitrogens with two attached hydrogens (primary N) is 1. The molecule has 0 aliphatic heterocycles. The third-order valence-electron chi connectivity index (χ3n) is 3.50. The molecule has 0 saturated heterocycles. The monoisotopic (exact) mass is 279 g/mol. The van der Waals surface area contributed by atoms with Gasteiger partial charge < -0.3 is 15.6 Å². The Balaban J connectivity index is 2.28. The Bertz CT molecular complexity index is 337. The zero-order chi connectivity index (χ0) is 14.6. The van der Waals surface area contributed by atoms with Crippen molar-refractivity contribution >= 4 is 0 Å². The standard InChI is InChI=1S/C17H29NO2/c1-2-3-4-7-14-20-16-11-9-15(10-12-16)17(18)8-5-6-13-19/h9-12,17,19H,2-8,13-14,18H2,1H3/t17-/m0/s1. The molecular formula is C17H29NO2. The summed E-state index contributed by atoms with van der Waals surface area (Å²) in [4.78, 5) is 0. The number of aliphatic hydroxyl groups excluding tert-OH is 1. The quantitative estimate of drug-likeness (QED) is 0.606. The molecule has 1 rings (SSSR count). The Morgan fingerprint density at radius 2 is 1.80 bits per heavy atom. The molecule has 0 aliphatic rings. The van der Waals surface area contributed by atoms with Gasteiger partial charge in [-0.1, -0.05) is 38.3 Å². The minimum Gasteiger partial charge on any atom is -0.494 e. The molecule has 0 radical (unpaired) electrons. The maximum atomic E-state index is 8.77. The van der Waals surface area contributed by atoms with E-state index in [2.05, 4.69) is 6.92 Å². The minimum absolute atomic E-state index is 0.0557. The molecule has 3 nitrogen and oxygen atoms in total. The smallest absolute Gasteiger partial charge is 0.119 e. The van der Waals surface area contributed by atoms with Crippen LogP contribution in [0, 0.1) is 0 Å². The number of hydrogen-bond acceptors (Lipinski definition) is 3. The number of hydrogen-bond donors (Lipinski definition) is 2. The van der Waals surface area contributed by atoms with Crippen molar-refractivity contribution in [3.8, 4) is 5.75 Å². The average molecular weight is 279 g/mol. The summed E-state index contributed by atoms with van der Waals surface area (Å²) < 4.78 is 5.71. The molecule has 0 unspecified atom stereocenters. The maximum Gasteiger partial charge on any atom is 0.119 e. The van der Waals surface area contributed by atoms with Crippen LogP contribution in [0.15, 0.2) is 24.3 Å². The van der Waals surface area contributed by atoms with E-state index in [0.29, 0.717) is 0 Å². The van der Waals surface area contributed by atoms with E-state index in [1.54, 1.807) is 0 Å². The van der Waals surface area contributed by atoms with Crippen LogP contribution in [-0.4, -0.2) is 18.3 Å². The molecule has 0 spiro atoms. The number of ether oxygens (including phenoxy) is 1. The van der Waals surface area contributed by atoms with Crippen molar-refractivity contribution in [1.82, 2.24) is 0 Å². The normalized spacial score (nSPS) is 12.3. The van der Waals surface area contributed by atoms with E-state index in [0.717, 1.165) is 43.6 Å². The summed E-state index contributed by atoms with van der Waals surface area (Å²) in [6.45, 7) is 3.25. The fourth-order valence-electron chi connectivity index (χ4n) is 2.17. The van der Waals surface area contributed by atoms with Gasteiger partial charge in [-0.2, -0.15) is 0 Å². The van der Waals surface area contributed by atoms with Crippen LogP contribution >= 0.6 is 0 Å². The summed E-state index contributed by atoms with van der Waals surface area (Å²) in [5, 5.41) is 8.77. The first-order valence-electron chi connectivity index (χ1n) is 7.87. The van der Waals surface area contributed by atoms with Crippen molar-refractivity contribution in [2.45, 2.75) is 57.9 Å². The third kappa shape index (κ3) is 6.92. The highest BCUT2D eigenvalue weighted by Gasteiger charge is 2.05. The summed E-state index contributed by atoms with van der Waals surface area (Å²) in [6, 6.07) is 8.15. The van der Waals surface area contributed by atoms with Crippen LogP contribution in [0.25, 0.3) is 0 Å². The second-order valence-corrected chi connectivity index (χ2v) is 5.30. The number of aliphatic hydroxyl groups is 1. The average Bonchev–Trinajstić information content (AvgIpc) is 2.48. The van der Waals surface area contributed by atoms with E-state index < -0.39 is 0 Å². The van der Waals surface area contributed by atoms with Crippen LogP contribution in [0.1, 0.15) is 63.5 Å². The summed E-state index contributed by atoms with van der Waals surface area (Å²) in [5.41, 5.74) is 7.26. The van der Waals surface area contributed by atoms with E-state index >= 15 is 0 Å². The van der Waals surface area contributed by atoms with Crippen LogP contribution in [0.2, 0.25) is 0 Å². The van der Waals surface area contributed by atoms with Crippen LogP contribution in [0.5, 0.6) is 5.75 Å². The molecule has 0 saturated carbocycles. The minimum atomic E-state index is 0.0557.